The van der Waals surface area contributed by atoms with Crippen molar-refractivity contribution in [3.63, 3.8) is 0 Å². The minimum Gasteiger partial charge on any atom is -0.316 e. The van der Waals surface area contributed by atoms with Gasteiger partial charge in [-0.2, -0.15) is 0 Å². The number of nitrogens with one attached hydrogen (secondary N) is 1. The third-order valence-electron chi connectivity index (χ3n) is 5.16. The summed E-state index contributed by atoms with van der Waals surface area (Å²) >= 11 is 0. The molecule has 0 aliphatic heterocycles. The highest BCUT2D eigenvalue weighted by Crippen LogP contribution is 2.39. The van der Waals surface area contributed by atoms with E-state index in [1.54, 1.807) is 0 Å². The van der Waals surface area contributed by atoms with E-state index in [1.807, 2.05) is 0 Å². The number of hydrogen-bond acceptors (Lipinski definition) is 2. The van der Waals surface area contributed by atoms with E-state index in [0.717, 1.165) is 12.5 Å². The molecule has 2 aliphatic rings. The van der Waals surface area contributed by atoms with Gasteiger partial charge in [-0.3, -0.25) is 0 Å². The highest BCUT2D eigenvalue weighted by molar-refractivity contribution is 4.90. The molecule has 0 saturated heterocycles. The molecule has 0 bridgehead atoms. The Morgan fingerprint density at radius 2 is 1.83 bits per heavy atom. The minimum absolute atomic E-state index is 0.593. The van der Waals surface area contributed by atoms with E-state index in [1.165, 1.54) is 71.1 Å². The molecule has 2 saturated carbocycles. The maximum atomic E-state index is 3.62. The molecule has 0 radical (unpaired) electrons. The molecule has 0 spiro atoms. The normalized spacial score (nSPS) is 23.5. The summed E-state index contributed by atoms with van der Waals surface area (Å²) in [5.41, 5.74) is 0.593. The Labute approximate surface area is 114 Å². The molecule has 0 aromatic rings. The third-order valence-corrected chi connectivity index (χ3v) is 5.16. The first-order chi connectivity index (χ1) is 8.78. The predicted octanol–water partition coefficient (Wildman–Crippen LogP) is 3.28. The van der Waals surface area contributed by atoms with Gasteiger partial charge in [0.05, 0.1) is 0 Å². The van der Waals surface area contributed by atoms with Crippen molar-refractivity contribution in [1.29, 1.82) is 0 Å². The van der Waals surface area contributed by atoms with Gasteiger partial charge in [0.15, 0.2) is 0 Å². The highest BCUT2D eigenvalue weighted by atomic mass is 15.1. The molecule has 2 aliphatic carbocycles. The Hall–Kier alpha value is -0.0800. The van der Waals surface area contributed by atoms with E-state index in [0.29, 0.717) is 5.41 Å². The van der Waals surface area contributed by atoms with Gasteiger partial charge in [0, 0.05) is 19.6 Å². The summed E-state index contributed by atoms with van der Waals surface area (Å²) < 4.78 is 0. The van der Waals surface area contributed by atoms with Crippen LogP contribution in [0.1, 0.15) is 58.8 Å². The first-order valence-electron chi connectivity index (χ1n) is 8.21. The van der Waals surface area contributed by atoms with Crippen molar-refractivity contribution in [2.75, 3.05) is 32.7 Å². The van der Waals surface area contributed by atoms with Crippen LogP contribution in [0.4, 0.5) is 0 Å². The SMILES string of the molecule is CCNCC1(CN(CC)CC2CCC2)CCCC1. The Morgan fingerprint density at radius 3 is 2.33 bits per heavy atom. The lowest BCUT2D eigenvalue weighted by Crippen LogP contribution is -2.44. The standard InChI is InChI=1S/C16H32N2/c1-3-17-13-16(10-5-6-11-16)14-18(4-2)12-15-8-7-9-15/h15,17H,3-14H2,1-2H3. The smallest absolute Gasteiger partial charge is 0.00501 e. The van der Waals surface area contributed by atoms with Crippen LogP contribution in [0.5, 0.6) is 0 Å². The number of hydrogen-bond donors (Lipinski definition) is 1. The molecule has 2 rings (SSSR count). The molecule has 2 fully saturated rings. The van der Waals surface area contributed by atoms with Gasteiger partial charge in [0.1, 0.15) is 0 Å². The van der Waals surface area contributed by atoms with E-state index < -0.39 is 0 Å². The molecular weight excluding hydrogens is 220 g/mol. The van der Waals surface area contributed by atoms with Crippen LogP contribution in [0.15, 0.2) is 0 Å². The lowest BCUT2D eigenvalue weighted by Gasteiger charge is -2.38. The topological polar surface area (TPSA) is 15.3 Å². The zero-order valence-electron chi connectivity index (χ0n) is 12.5. The second-order valence-electron chi connectivity index (χ2n) is 6.61. The van der Waals surface area contributed by atoms with Gasteiger partial charge < -0.3 is 10.2 Å². The Morgan fingerprint density at radius 1 is 1.11 bits per heavy atom. The number of rotatable bonds is 8. The van der Waals surface area contributed by atoms with Crippen LogP contribution in [0.2, 0.25) is 0 Å². The van der Waals surface area contributed by atoms with Gasteiger partial charge in [-0.25, -0.2) is 0 Å². The largest absolute Gasteiger partial charge is 0.316 e. The molecule has 0 amide bonds. The minimum atomic E-state index is 0.593. The van der Waals surface area contributed by atoms with Crippen LogP contribution in [0.25, 0.3) is 0 Å². The van der Waals surface area contributed by atoms with Crippen molar-refractivity contribution < 1.29 is 0 Å². The molecule has 1 N–H and O–H groups in total. The van der Waals surface area contributed by atoms with E-state index in [-0.39, 0.29) is 0 Å². The lowest BCUT2D eigenvalue weighted by molar-refractivity contribution is 0.116. The average Bonchev–Trinajstić information content (AvgIpc) is 2.79. The summed E-state index contributed by atoms with van der Waals surface area (Å²) in [6.45, 7) is 10.9. The zero-order valence-corrected chi connectivity index (χ0v) is 12.5. The first kappa shape index (κ1) is 14.3. The van der Waals surface area contributed by atoms with Gasteiger partial charge in [-0.15, -0.1) is 0 Å². The van der Waals surface area contributed by atoms with Crippen LogP contribution in [-0.4, -0.2) is 37.6 Å². The maximum absolute atomic E-state index is 3.62. The molecule has 2 nitrogen and oxygen atoms in total. The fourth-order valence-corrected chi connectivity index (χ4v) is 3.73. The molecular formula is C16H32N2. The van der Waals surface area contributed by atoms with Gasteiger partial charge in [-0.05, 0) is 50.1 Å². The molecule has 0 heterocycles. The summed E-state index contributed by atoms with van der Waals surface area (Å²) in [6.07, 6.45) is 10.2. The highest BCUT2D eigenvalue weighted by Gasteiger charge is 2.35. The lowest BCUT2D eigenvalue weighted by atomic mass is 9.82. The summed E-state index contributed by atoms with van der Waals surface area (Å²) in [6, 6.07) is 0. The Bertz CT molecular complexity index is 229. The summed E-state index contributed by atoms with van der Waals surface area (Å²) in [5.74, 6) is 1.02. The van der Waals surface area contributed by atoms with Crippen LogP contribution < -0.4 is 5.32 Å². The average molecular weight is 252 g/mol. The molecule has 0 atom stereocenters. The second-order valence-corrected chi connectivity index (χ2v) is 6.61. The molecule has 0 aromatic carbocycles. The summed E-state index contributed by atoms with van der Waals surface area (Å²) in [5, 5.41) is 3.62. The predicted molar refractivity (Wildman–Crippen MR) is 78.9 cm³/mol. The molecule has 2 heteroatoms. The van der Waals surface area contributed by atoms with E-state index in [2.05, 4.69) is 24.1 Å². The van der Waals surface area contributed by atoms with Gasteiger partial charge in [-0.1, -0.05) is 33.1 Å². The maximum Gasteiger partial charge on any atom is 0.00501 e. The van der Waals surface area contributed by atoms with Crippen LogP contribution in [0.3, 0.4) is 0 Å². The first-order valence-corrected chi connectivity index (χ1v) is 8.21. The van der Waals surface area contributed by atoms with Crippen molar-refractivity contribution in [3.05, 3.63) is 0 Å². The van der Waals surface area contributed by atoms with Crippen molar-refractivity contribution in [2.24, 2.45) is 11.3 Å². The fourth-order valence-electron chi connectivity index (χ4n) is 3.73. The van der Waals surface area contributed by atoms with Crippen molar-refractivity contribution in [1.82, 2.24) is 10.2 Å². The van der Waals surface area contributed by atoms with Crippen molar-refractivity contribution >= 4 is 0 Å². The van der Waals surface area contributed by atoms with E-state index in [9.17, 15) is 0 Å². The van der Waals surface area contributed by atoms with Gasteiger partial charge >= 0.3 is 0 Å². The van der Waals surface area contributed by atoms with Crippen molar-refractivity contribution in [3.8, 4) is 0 Å². The van der Waals surface area contributed by atoms with E-state index >= 15 is 0 Å². The van der Waals surface area contributed by atoms with Crippen LogP contribution in [0, 0.1) is 11.3 Å². The summed E-state index contributed by atoms with van der Waals surface area (Å²) in [7, 11) is 0. The van der Waals surface area contributed by atoms with Gasteiger partial charge in [0.2, 0.25) is 0 Å². The second kappa shape index (κ2) is 6.91. The van der Waals surface area contributed by atoms with E-state index in [4.69, 9.17) is 0 Å². The number of nitrogens with zero attached hydrogens (tertiary/aromatic N) is 1. The fraction of sp³-hybridized carbons (Fsp3) is 1.00. The van der Waals surface area contributed by atoms with Crippen LogP contribution in [-0.2, 0) is 0 Å². The monoisotopic (exact) mass is 252 g/mol. The van der Waals surface area contributed by atoms with Crippen molar-refractivity contribution in [2.45, 2.75) is 58.8 Å². The Balaban J connectivity index is 1.84. The van der Waals surface area contributed by atoms with Gasteiger partial charge in [0.25, 0.3) is 0 Å². The summed E-state index contributed by atoms with van der Waals surface area (Å²) in [4.78, 5) is 2.74. The quantitative estimate of drug-likeness (QED) is 0.713. The zero-order chi connectivity index (χ0) is 12.8. The Kier molecular flexibility index (Phi) is 5.50. The van der Waals surface area contributed by atoms with Crippen LogP contribution >= 0.6 is 0 Å². The molecule has 106 valence electrons. The molecule has 0 unspecified atom stereocenters. The third kappa shape index (κ3) is 3.71. The molecule has 18 heavy (non-hydrogen) atoms. The molecule has 0 aromatic heterocycles.